The Morgan fingerprint density at radius 3 is 2.83 bits per heavy atom. The Hall–Kier alpha value is -1.13. The van der Waals surface area contributed by atoms with Crippen LogP contribution in [0.3, 0.4) is 0 Å². The molecule has 1 atom stereocenters. The molecule has 2 rings (SSSR count). The van der Waals surface area contributed by atoms with Crippen LogP contribution in [0.2, 0.25) is 0 Å². The number of H-pyrrole nitrogens is 1. The van der Waals surface area contributed by atoms with Gasteiger partial charge >= 0.3 is 0 Å². The van der Waals surface area contributed by atoms with Gasteiger partial charge in [-0.15, -0.1) is 0 Å². The van der Waals surface area contributed by atoms with Crippen LogP contribution in [-0.4, -0.2) is 20.9 Å². The first-order valence-electron chi connectivity index (χ1n) is 6.44. The highest BCUT2D eigenvalue weighted by Gasteiger charge is 2.15. The van der Waals surface area contributed by atoms with Crippen molar-refractivity contribution in [1.29, 1.82) is 0 Å². The summed E-state index contributed by atoms with van der Waals surface area (Å²) in [7, 11) is 0. The first-order valence-corrected chi connectivity index (χ1v) is 7.39. The van der Waals surface area contributed by atoms with Crippen molar-refractivity contribution < 1.29 is 0 Å². The maximum atomic E-state index is 4.41. The molecule has 3 nitrogen and oxygen atoms in total. The quantitative estimate of drug-likeness (QED) is 0.864. The lowest BCUT2D eigenvalue weighted by atomic mass is 10.1. The van der Waals surface area contributed by atoms with Gasteiger partial charge in [0.15, 0.2) is 0 Å². The molecular weight excluding hydrogens is 242 g/mol. The highest BCUT2D eigenvalue weighted by molar-refractivity contribution is 7.07. The molecule has 0 saturated carbocycles. The van der Waals surface area contributed by atoms with Gasteiger partial charge in [-0.3, -0.25) is 4.90 Å². The topological polar surface area (TPSA) is 31.9 Å². The van der Waals surface area contributed by atoms with E-state index in [1.54, 1.807) is 17.7 Å². The molecule has 2 aromatic heterocycles. The van der Waals surface area contributed by atoms with Gasteiger partial charge < -0.3 is 4.98 Å². The first-order chi connectivity index (χ1) is 8.70. The second-order valence-corrected chi connectivity index (χ2v) is 5.55. The van der Waals surface area contributed by atoms with Crippen molar-refractivity contribution in [3.63, 3.8) is 0 Å². The van der Waals surface area contributed by atoms with E-state index in [1.165, 1.54) is 11.3 Å². The van der Waals surface area contributed by atoms with E-state index >= 15 is 0 Å². The number of aryl methyl sites for hydroxylation is 1. The number of nitrogens with zero attached hydrogens (tertiary/aromatic N) is 2. The van der Waals surface area contributed by atoms with Gasteiger partial charge in [0, 0.05) is 24.8 Å². The molecule has 0 aliphatic carbocycles. The van der Waals surface area contributed by atoms with Gasteiger partial charge in [0.25, 0.3) is 0 Å². The zero-order chi connectivity index (χ0) is 13.0. The molecule has 0 saturated heterocycles. The third-order valence-electron chi connectivity index (χ3n) is 3.47. The van der Waals surface area contributed by atoms with E-state index in [-0.39, 0.29) is 0 Å². The van der Waals surface area contributed by atoms with Gasteiger partial charge in [-0.05, 0) is 42.7 Å². The van der Waals surface area contributed by atoms with Gasteiger partial charge in [-0.1, -0.05) is 6.92 Å². The van der Waals surface area contributed by atoms with Gasteiger partial charge in [0.2, 0.25) is 0 Å². The minimum Gasteiger partial charge on any atom is -0.348 e. The molecule has 0 aliphatic rings. The van der Waals surface area contributed by atoms with Crippen molar-refractivity contribution >= 4 is 11.3 Å². The Bertz CT molecular complexity index is 461. The number of rotatable bonds is 6. The van der Waals surface area contributed by atoms with Gasteiger partial charge in [-0.25, -0.2) is 4.98 Å². The second kappa shape index (κ2) is 6.16. The number of hydrogen-bond donors (Lipinski definition) is 1. The minimum absolute atomic E-state index is 0.570. The Kier molecular flexibility index (Phi) is 4.55. The molecule has 0 fully saturated rings. The van der Waals surface area contributed by atoms with E-state index in [1.807, 2.05) is 0 Å². The molecule has 18 heavy (non-hydrogen) atoms. The second-order valence-electron chi connectivity index (χ2n) is 4.77. The maximum Gasteiger partial charge on any atom is 0.0925 e. The fourth-order valence-corrected chi connectivity index (χ4v) is 2.64. The van der Waals surface area contributed by atoms with Crippen LogP contribution in [0.5, 0.6) is 0 Å². The van der Waals surface area contributed by atoms with E-state index in [2.05, 4.69) is 52.5 Å². The molecule has 0 radical (unpaired) electrons. The average molecular weight is 263 g/mol. The molecule has 4 heteroatoms. The van der Waals surface area contributed by atoms with Crippen molar-refractivity contribution in [2.24, 2.45) is 0 Å². The molecule has 0 unspecified atom stereocenters. The lowest BCUT2D eigenvalue weighted by molar-refractivity contribution is 0.184. The summed E-state index contributed by atoms with van der Waals surface area (Å²) in [6.07, 6.45) is 2.94. The highest BCUT2D eigenvalue weighted by Crippen LogP contribution is 2.16. The molecule has 0 amide bonds. The summed E-state index contributed by atoms with van der Waals surface area (Å²) in [5.41, 5.74) is 3.73. The molecule has 2 heterocycles. The Labute approximate surface area is 113 Å². The lowest BCUT2D eigenvalue weighted by Crippen LogP contribution is -2.31. The van der Waals surface area contributed by atoms with Crippen LogP contribution in [-0.2, 0) is 13.1 Å². The maximum absolute atomic E-state index is 4.41. The predicted molar refractivity (Wildman–Crippen MR) is 76.6 cm³/mol. The van der Waals surface area contributed by atoms with Crippen LogP contribution >= 0.6 is 11.3 Å². The van der Waals surface area contributed by atoms with Gasteiger partial charge in [-0.2, -0.15) is 11.3 Å². The van der Waals surface area contributed by atoms with Crippen molar-refractivity contribution in [3.8, 4) is 0 Å². The largest absolute Gasteiger partial charge is 0.348 e. The first kappa shape index (κ1) is 13.3. The van der Waals surface area contributed by atoms with E-state index in [0.717, 1.165) is 25.2 Å². The van der Waals surface area contributed by atoms with E-state index in [0.29, 0.717) is 6.04 Å². The number of thiophene rings is 1. The normalized spacial score (nSPS) is 13.1. The van der Waals surface area contributed by atoms with Crippen molar-refractivity contribution in [2.45, 2.75) is 46.3 Å². The highest BCUT2D eigenvalue weighted by atomic mass is 32.1. The molecule has 0 bridgehead atoms. The molecule has 1 N–H and O–H groups in total. The third-order valence-corrected chi connectivity index (χ3v) is 4.20. The fourth-order valence-electron chi connectivity index (χ4n) is 1.98. The summed E-state index contributed by atoms with van der Waals surface area (Å²) in [6, 6.07) is 2.78. The standard InChI is InChI=1S/C14H21N3S/c1-4-11(2)17(7-13-5-6-18-9-13)8-14-12(3)15-10-16-14/h5-6,9-11H,4,7-8H2,1-3H3,(H,15,16)/t11-/m0/s1. The molecule has 0 spiro atoms. The van der Waals surface area contributed by atoms with Crippen LogP contribution in [0, 0.1) is 6.92 Å². The monoisotopic (exact) mass is 263 g/mol. The molecule has 0 aromatic carbocycles. The summed E-state index contributed by atoms with van der Waals surface area (Å²) < 4.78 is 0. The van der Waals surface area contributed by atoms with Gasteiger partial charge in [0.05, 0.1) is 12.0 Å². The van der Waals surface area contributed by atoms with E-state index in [9.17, 15) is 0 Å². The van der Waals surface area contributed by atoms with Crippen LogP contribution < -0.4 is 0 Å². The minimum atomic E-state index is 0.570. The SMILES string of the molecule is CC[C@H](C)N(Cc1ccsc1)Cc1nc[nH]c1C. The van der Waals surface area contributed by atoms with Crippen LogP contribution in [0.15, 0.2) is 23.2 Å². The number of nitrogens with one attached hydrogen (secondary N) is 1. The number of aromatic amines is 1. The van der Waals surface area contributed by atoms with Crippen LogP contribution in [0.1, 0.15) is 37.2 Å². The van der Waals surface area contributed by atoms with E-state index < -0.39 is 0 Å². The lowest BCUT2D eigenvalue weighted by Gasteiger charge is -2.27. The third kappa shape index (κ3) is 3.21. The van der Waals surface area contributed by atoms with Crippen LogP contribution in [0.4, 0.5) is 0 Å². The molecule has 0 aliphatic heterocycles. The smallest absolute Gasteiger partial charge is 0.0925 e. The number of hydrogen-bond acceptors (Lipinski definition) is 3. The summed E-state index contributed by atoms with van der Waals surface area (Å²) in [5.74, 6) is 0. The van der Waals surface area contributed by atoms with Crippen molar-refractivity contribution in [2.75, 3.05) is 0 Å². The Morgan fingerprint density at radius 2 is 2.28 bits per heavy atom. The fraction of sp³-hybridized carbons (Fsp3) is 0.500. The molecule has 2 aromatic rings. The molecular formula is C14H21N3S. The Morgan fingerprint density at radius 1 is 1.44 bits per heavy atom. The number of aromatic nitrogens is 2. The Balaban J connectivity index is 2.08. The summed E-state index contributed by atoms with van der Waals surface area (Å²) in [5, 5.41) is 4.37. The predicted octanol–water partition coefficient (Wildman–Crippen LogP) is 3.58. The summed E-state index contributed by atoms with van der Waals surface area (Å²) in [6.45, 7) is 8.53. The number of imidazole rings is 1. The zero-order valence-corrected chi connectivity index (χ0v) is 12.1. The molecule has 98 valence electrons. The van der Waals surface area contributed by atoms with Crippen LogP contribution in [0.25, 0.3) is 0 Å². The summed E-state index contributed by atoms with van der Waals surface area (Å²) >= 11 is 1.76. The van der Waals surface area contributed by atoms with Crippen molar-refractivity contribution in [1.82, 2.24) is 14.9 Å². The average Bonchev–Trinajstić information content (AvgIpc) is 3.00. The zero-order valence-electron chi connectivity index (χ0n) is 11.3. The summed E-state index contributed by atoms with van der Waals surface area (Å²) in [4.78, 5) is 10.1. The van der Waals surface area contributed by atoms with E-state index in [4.69, 9.17) is 0 Å². The van der Waals surface area contributed by atoms with Gasteiger partial charge in [0.1, 0.15) is 0 Å². The van der Waals surface area contributed by atoms with Crippen molar-refractivity contribution in [3.05, 3.63) is 40.1 Å².